The molecule has 0 radical (unpaired) electrons. The number of aromatic nitrogens is 1. The fourth-order valence-corrected chi connectivity index (χ4v) is 2.16. The second kappa shape index (κ2) is 6.30. The summed E-state index contributed by atoms with van der Waals surface area (Å²) < 4.78 is 0.716. The summed E-state index contributed by atoms with van der Waals surface area (Å²) in [5, 5.41) is 3.11. The smallest absolute Gasteiger partial charge is 0.257 e. The number of halogens is 2. The highest BCUT2D eigenvalue weighted by Crippen LogP contribution is 2.24. The zero-order valence-corrected chi connectivity index (χ0v) is 13.2. The standard InChI is InChI=1S/C13H9BrClN3OS/c14-9-3-8(5-17-6-9)13(19)18-11-4-7(12(16)20)1-2-10(11)15/h1-6H,(H2,16,20)(H,18,19). The van der Waals surface area contributed by atoms with E-state index >= 15 is 0 Å². The Morgan fingerprint density at radius 3 is 2.70 bits per heavy atom. The molecule has 0 unspecified atom stereocenters. The molecular weight excluding hydrogens is 362 g/mol. The van der Waals surface area contributed by atoms with E-state index in [9.17, 15) is 4.79 Å². The average molecular weight is 371 g/mol. The van der Waals surface area contributed by atoms with Gasteiger partial charge in [0.15, 0.2) is 0 Å². The van der Waals surface area contributed by atoms with Gasteiger partial charge in [-0.1, -0.05) is 29.9 Å². The number of carbonyl (C=O) groups excluding carboxylic acids is 1. The number of carbonyl (C=O) groups is 1. The number of hydrogen-bond acceptors (Lipinski definition) is 3. The van der Waals surface area contributed by atoms with E-state index in [0.29, 0.717) is 26.3 Å². The van der Waals surface area contributed by atoms with E-state index in [1.807, 2.05) is 0 Å². The first kappa shape index (κ1) is 14.9. The molecule has 0 saturated heterocycles. The van der Waals surface area contributed by atoms with Crippen molar-refractivity contribution in [2.45, 2.75) is 0 Å². The molecule has 0 aliphatic carbocycles. The van der Waals surface area contributed by atoms with Crippen LogP contribution in [0.4, 0.5) is 5.69 Å². The van der Waals surface area contributed by atoms with Crippen LogP contribution in [-0.2, 0) is 0 Å². The van der Waals surface area contributed by atoms with E-state index in [1.165, 1.54) is 6.20 Å². The number of pyridine rings is 1. The number of nitrogens with two attached hydrogens (primary N) is 1. The third kappa shape index (κ3) is 3.53. The highest BCUT2D eigenvalue weighted by Gasteiger charge is 2.10. The van der Waals surface area contributed by atoms with Crippen molar-refractivity contribution in [3.8, 4) is 0 Å². The first-order chi connectivity index (χ1) is 9.47. The largest absolute Gasteiger partial charge is 0.389 e. The third-order valence-corrected chi connectivity index (χ3v) is 3.47. The normalized spacial score (nSPS) is 10.1. The van der Waals surface area contributed by atoms with Gasteiger partial charge in [0.05, 0.1) is 16.3 Å². The Hall–Kier alpha value is -1.50. The van der Waals surface area contributed by atoms with E-state index in [-0.39, 0.29) is 10.9 Å². The molecule has 0 fully saturated rings. The lowest BCUT2D eigenvalue weighted by Gasteiger charge is -2.09. The fourth-order valence-electron chi connectivity index (χ4n) is 1.50. The lowest BCUT2D eigenvalue weighted by molar-refractivity contribution is 0.102. The number of nitrogens with one attached hydrogen (secondary N) is 1. The van der Waals surface area contributed by atoms with Gasteiger partial charge in [-0.05, 0) is 34.1 Å². The molecule has 1 amide bonds. The molecule has 0 aliphatic rings. The van der Waals surface area contributed by atoms with Crippen molar-refractivity contribution < 1.29 is 4.79 Å². The Kier molecular flexibility index (Phi) is 4.69. The van der Waals surface area contributed by atoms with Gasteiger partial charge in [-0.3, -0.25) is 9.78 Å². The van der Waals surface area contributed by atoms with Crippen molar-refractivity contribution in [1.82, 2.24) is 4.98 Å². The molecule has 0 spiro atoms. The second-order valence-corrected chi connectivity index (χ2v) is 5.67. The van der Waals surface area contributed by atoms with Gasteiger partial charge >= 0.3 is 0 Å². The minimum Gasteiger partial charge on any atom is -0.389 e. The summed E-state index contributed by atoms with van der Waals surface area (Å²) >= 11 is 14.2. The minimum absolute atomic E-state index is 0.237. The van der Waals surface area contributed by atoms with E-state index in [1.54, 1.807) is 30.5 Å². The van der Waals surface area contributed by atoms with Crippen molar-refractivity contribution in [2.75, 3.05) is 5.32 Å². The molecule has 1 aromatic heterocycles. The van der Waals surface area contributed by atoms with Gasteiger partial charge in [0.2, 0.25) is 0 Å². The average Bonchev–Trinajstić information content (AvgIpc) is 2.41. The van der Waals surface area contributed by atoms with Crippen LogP contribution in [-0.4, -0.2) is 15.9 Å². The third-order valence-electron chi connectivity index (χ3n) is 2.47. The van der Waals surface area contributed by atoms with Crippen LogP contribution in [0.15, 0.2) is 41.1 Å². The summed E-state index contributed by atoms with van der Waals surface area (Å²) in [4.78, 5) is 16.3. The Bertz CT molecular complexity index is 693. The van der Waals surface area contributed by atoms with Crippen molar-refractivity contribution in [1.29, 1.82) is 0 Å². The number of thiocarbonyl (C=S) groups is 1. The maximum absolute atomic E-state index is 12.1. The first-order valence-electron chi connectivity index (χ1n) is 5.48. The van der Waals surface area contributed by atoms with E-state index < -0.39 is 0 Å². The monoisotopic (exact) mass is 369 g/mol. The fraction of sp³-hybridized carbons (Fsp3) is 0. The van der Waals surface area contributed by atoms with Gasteiger partial charge in [-0.2, -0.15) is 0 Å². The van der Waals surface area contributed by atoms with Gasteiger partial charge in [-0.15, -0.1) is 0 Å². The Morgan fingerprint density at radius 2 is 2.05 bits per heavy atom. The summed E-state index contributed by atoms with van der Waals surface area (Å²) in [5.74, 6) is -0.319. The molecule has 7 heteroatoms. The topological polar surface area (TPSA) is 68.0 Å². The van der Waals surface area contributed by atoms with Crippen molar-refractivity contribution in [2.24, 2.45) is 5.73 Å². The Balaban J connectivity index is 2.27. The lowest BCUT2D eigenvalue weighted by Crippen LogP contribution is -2.14. The van der Waals surface area contributed by atoms with Crippen LogP contribution >= 0.6 is 39.7 Å². The SMILES string of the molecule is NC(=S)c1ccc(Cl)c(NC(=O)c2cncc(Br)c2)c1. The van der Waals surface area contributed by atoms with Crippen molar-refractivity contribution in [3.63, 3.8) is 0 Å². The molecule has 2 aromatic rings. The van der Waals surface area contributed by atoms with Crippen LogP contribution in [0, 0.1) is 0 Å². The summed E-state index contributed by atoms with van der Waals surface area (Å²) in [5.41, 5.74) is 7.04. The summed E-state index contributed by atoms with van der Waals surface area (Å²) in [7, 11) is 0. The van der Waals surface area contributed by atoms with Crippen LogP contribution in [0.25, 0.3) is 0 Å². The molecule has 0 bridgehead atoms. The van der Waals surface area contributed by atoms with Gasteiger partial charge in [0.1, 0.15) is 4.99 Å². The van der Waals surface area contributed by atoms with Gasteiger partial charge < -0.3 is 11.1 Å². The number of hydrogen-bond donors (Lipinski definition) is 2. The van der Waals surface area contributed by atoms with Gasteiger partial charge in [0, 0.05) is 22.4 Å². The molecule has 20 heavy (non-hydrogen) atoms. The summed E-state index contributed by atoms with van der Waals surface area (Å²) in [6.45, 7) is 0. The Morgan fingerprint density at radius 1 is 1.30 bits per heavy atom. The minimum atomic E-state index is -0.319. The second-order valence-electron chi connectivity index (χ2n) is 3.90. The first-order valence-corrected chi connectivity index (χ1v) is 7.06. The van der Waals surface area contributed by atoms with E-state index in [0.717, 1.165) is 0 Å². The molecular formula is C13H9BrClN3OS. The molecule has 0 saturated carbocycles. The van der Waals surface area contributed by atoms with Crippen molar-refractivity contribution in [3.05, 3.63) is 57.3 Å². The maximum Gasteiger partial charge on any atom is 0.257 e. The van der Waals surface area contributed by atoms with Crippen molar-refractivity contribution >= 4 is 56.3 Å². The number of nitrogens with zero attached hydrogens (tertiary/aromatic N) is 1. The van der Waals surface area contributed by atoms with Gasteiger partial charge in [0.25, 0.3) is 5.91 Å². The molecule has 1 heterocycles. The maximum atomic E-state index is 12.1. The van der Waals surface area contributed by atoms with Crippen LogP contribution < -0.4 is 11.1 Å². The molecule has 0 atom stereocenters. The predicted molar refractivity (Wildman–Crippen MR) is 87.2 cm³/mol. The number of anilines is 1. The molecule has 3 N–H and O–H groups in total. The lowest BCUT2D eigenvalue weighted by atomic mass is 10.2. The molecule has 102 valence electrons. The molecule has 0 aliphatic heterocycles. The molecule has 1 aromatic carbocycles. The van der Waals surface area contributed by atoms with Crippen LogP contribution in [0.1, 0.15) is 15.9 Å². The van der Waals surface area contributed by atoms with Gasteiger partial charge in [-0.25, -0.2) is 0 Å². The quantitative estimate of drug-likeness (QED) is 0.813. The van der Waals surface area contributed by atoms with Crippen LogP contribution in [0.2, 0.25) is 5.02 Å². The summed E-state index contributed by atoms with van der Waals surface area (Å²) in [6, 6.07) is 6.62. The molecule has 4 nitrogen and oxygen atoms in total. The van der Waals surface area contributed by atoms with Crippen LogP contribution in [0.3, 0.4) is 0 Å². The van der Waals surface area contributed by atoms with Crippen LogP contribution in [0.5, 0.6) is 0 Å². The number of rotatable bonds is 3. The summed E-state index contributed by atoms with van der Waals surface area (Å²) in [6.07, 6.45) is 3.06. The molecule has 2 rings (SSSR count). The zero-order valence-electron chi connectivity index (χ0n) is 10.1. The predicted octanol–water partition coefficient (Wildman–Crippen LogP) is 3.38. The van der Waals surface area contributed by atoms with E-state index in [2.05, 4.69) is 26.2 Å². The zero-order chi connectivity index (χ0) is 14.7. The Labute approximate surface area is 134 Å². The number of benzene rings is 1. The highest BCUT2D eigenvalue weighted by molar-refractivity contribution is 9.10. The van der Waals surface area contributed by atoms with E-state index in [4.69, 9.17) is 29.6 Å². The highest BCUT2D eigenvalue weighted by atomic mass is 79.9. The number of amides is 1.